The molecule has 2 N–H and O–H groups in total. The molecule has 0 spiro atoms. The van der Waals surface area contributed by atoms with Crippen LogP contribution < -0.4 is 5.73 Å². The molecule has 0 atom stereocenters. The molecule has 3 heterocycles. The Morgan fingerprint density at radius 2 is 2.06 bits per heavy atom. The van der Waals surface area contributed by atoms with E-state index in [0.29, 0.717) is 11.5 Å². The number of hydrogen-bond donors (Lipinski definition) is 1. The molecular weight excluding hydrogens is 204 g/mol. The van der Waals surface area contributed by atoms with Crippen LogP contribution in [0.25, 0.3) is 11.0 Å². The topological polar surface area (TPSA) is 77.8 Å². The van der Waals surface area contributed by atoms with Gasteiger partial charge in [0.15, 0.2) is 12.0 Å². The van der Waals surface area contributed by atoms with Crippen LogP contribution in [0.2, 0.25) is 0 Å². The van der Waals surface area contributed by atoms with E-state index in [2.05, 4.69) is 19.4 Å². The van der Waals surface area contributed by atoms with E-state index in [1.165, 1.54) is 12.7 Å². The zero-order valence-electron chi connectivity index (χ0n) is 8.45. The van der Waals surface area contributed by atoms with E-state index >= 15 is 0 Å². The summed E-state index contributed by atoms with van der Waals surface area (Å²) >= 11 is 0. The molecule has 3 rings (SSSR count). The van der Waals surface area contributed by atoms with Crippen LogP contribution in [0.15, 0.2) is 53.7 Å². The summed E-state index contributed by atoms with van der Waals surface area (Å²) in [6.45, 7) is 0. The minimum atomic E-state index is 0.510. The number of nitrogens with zero attached hydrogens (tertiary/aromatic N) is 3. The van der Waals surface area contributed by atoms with Crippen LogP contribution in [-0.4, -0.2) is 15.0 Å². The van der Waals surface area contributed by atoms with Crippen molar-refractivity contribution >= 4 is 16.9 Å². The van der Waals surface area contributed by atoms with Gasteiger partial charge in [0, 0.05) is 11.6 Å². The molecule has 0 aromatic carbocycles. The fourth-order valence-corrected chi connectivity index (χ4v) is 1.14. The normalized spacial score (nSPS) is 9.50. The van der Waals surface area contributed by atoms with Gasteiger partial charge in [0.1, 0.15) is 12.1 Å². The summed E-state index contributed by atoms with van der Waals surface area (Å²) in [5, 5.41) is 1.02. The van der Waals surface area contributed by atoms with Gasteiger partial charge >= 0.3 is 0 Å². The average molecular weight is 214 g/mol. The van der Waals surface area contributed by atoms with Gasteiger partial charge in [-0.15, -0.1) is 0 Å². The first-order chi connectivity index (χ1) is 7.86. The summed E-state index contributed by atoms with van der Waals surface area (Å²) in [4.78, 5) is 11.6. The number of aromatic nitrogens is 3. The van der Waals surface area contributed by atoms with Crippen molar-refractivity contribution in [3.05, 3.63) is 49.3 Å². The third-order valence-corrected chi connectivity index (χ3v) is 1.83. The highest BCUT2D eigenvalue weighted by molar-refractivity contribution is 5.75. The summed E-state index contributed by atoms with van der Waals surface area (Å²) in [5.41, 5.74) is 6.17. The summed E-state index contributed by atoms with van der Waals surface area (Å²) in [6, 6.07) is 7.50. The lowest BCUT2D eigenvalue weighted by atomic mass is 10.3. The lowest BCUT2D eigenvalue weighted by molar-refractivity contribution is 0.558. The highest BCUT2D eigenvalue weighted by Gasteiger charge is 1.92. The highest BCUT2D eigenvalue weighted by atomic mass is 16.3. The molecule has 5 heteroatoms. The number of hydrogen-bond acceptors (Lipinski definition) is 5. The van der Waals surface area contributed by atoms with Gasteiger partial charge < -0.3 is 10.2 Å². The largest absolute Gasteiger partial charge is 0.452 e. The first-order valence-corrected chi connectivity index (χ1v) is 4.65. The molecule has 5 nitrogen and oxygen atoms in total. The van der Waals surface area contributed by atoms with E-state index < -0.39 is 0 Å². The third-order valence-electron chi connectivity index (χ3n) is 1.83. The fraction of sp³-hybridized carbons (Fsp3) is 0. The molecule has 0 saturated carbocycles. The van der Waals surface area contributed by atoms with Gasteiger partial charge in [-0.3, -0.25) is 0 Å². The fourth-order valence-electron chi connectivity index (χ4n) is 1.14. The molecule has 0 aliphatic carbocycles. The Morgan fingerprint density at radius 1 is 1.12 bits per heavy atom. The van der Waals surface area contributed by atoms with Crippen LogP contribution in [0, 0.1) is 0 Å². The lowest BCUT2D eigenvalue weighted by Crippen LogP contribution is -1.90. The van der Waals surface area contributed by atoms with Gasteiger partial charge in [-0.05, 0) is 24.3 Å². The Balaban J connectivity index is 0.000000162. The predicted molar refractivity (Wildman–Crippen MR) is 60.5 cm³/mol. The van der Waals surface area contributed by atoms with Crippen molar-refractivity contribution in [1.82, 2.24) is 15.0 Å². The first-order valence-electron chi connectivity index (χ1n) is 4.65. The SMILES string of the molecule is Nc1ccc2cccnc2n1.c1cocn1. The van der Waals surface area contributed by atoms with Crippen LogP contribution in [-0.2, 0) is 0 Å². The maximum absolute atomic E-state index is 5.47. The van der Waals surface area contributed by atoms with Crippen molar-refractivity contribution in [2.75, 3.05) is 5.73 Å². The zero-order valence-corrected chi connectivity index (χ0v) is 8.45. The van der Waals surface area contributed by atoms with E-state index in [-0.39, 0.29) is 0 Å². The van der Waals surface area contributed by atoms with E-state index in [0.717, 1.165) is 5.39 Å². The van der Waals surface area contributed by atoms with Crippen molar-refractivity contribution in [3.8, 4) is 0 Å². The second-order valence-corrected chi connectivity index (χ2v) is 2.96. The number of anilines is 1. The van der Waals surface area contributed by atoms with Crippen LogP contribution in [0.1, 0.15) is 0 Å². The minimum absolute atomic E-state index is 0.510. The van der Waals surface area contributed by atoms with Gasteiger partial charge in [0.05, 0.1) is 6.20 Å². The van der Waals surface area contributed by atoms with Crippen LogP contribution >= 0.6 is 0 Å². The molecule has 16 heavy (non-hydrogen) atoms. The van der Waals surface area contributed by atoms with Gasteiger partial charge in [0.25, 0.3) is 0 Å². The molecule has 0 saturated heterocycles. The van der Waals surface area contributed by atoms with Crippen molar-refractivity contribution in [2.45, 2.75) is 0 Å². The smallest absolute Gasteiger partial charge is 0.180 e. The Labute approximate surface area is 92.0 Å². The summed E-state index contributed by atoms with van der Waals surface area (Å²) in [7, 11) is 0. The van der Waals surface area contributed by atoms with Crippen molar-refractivity contribution in [3.63, 3.8) is 0 Å². The molecule has 0 amide bonds. The monoisotopic (exact) mass is 214 g/mol. The second kappa shape index (κ2) is 4.88. The number of nitrogen functional groups attached to an aromatic ring is 1. The maximum atomic E-state index is 5.47. The van der Waals surface area contributed by atoms with Crippen molar-refractivity contribution in [2.24, 2.45) is 0 Å². The Bertz CT molecular complexity index is 533. The molecule has 0 aliphatic heterocycles. The molecule has 80 valence electrons. The van der Waals surface area contributed by atoms with E-state index in [1.54, 1.807) is 18.5 Å². The number of oxazole rings is 1. The Hall–Kier alpha value is -2.43. The quantitative estimate of drug-likeness (QED) is 0.618. The van der Waals surface area contributed by atoms with Gasteiger partial charge in [-0.2, -0.15) is 0 Å². The molecule has 3 aromatic heterocycles. The Morgan fingerprint density at radius 3 is 2.75 bits per heavy atom. The molecule has 0 unspecified atom stereocenters. The van der Waals surface area contributed by atoms with E-state index in [9.17, 15) is 0 Å². The summed E-state index contributed by atoms with van der Waals surface area (Å²) in [5.74, 6) is 0.510. The van der Waals surface area contributed by atoms with Crippen LogP contribution in [0.4, 0.5) is 5.82 Å². The molecule has 0 fully saturated rings. The highest BCUT2D eigenvalue weighted by Crippen LogP contribution is 2.09. The minimum Gasteiger partial charge on any atom is -0.452 e. The second-order valence-electron chi connectivity index (χ2n) is 2.96. The molecule has 3 aromatic rings. The standard InChI is InChI=1S/C8H7N3.C3H3NO/c9-7-4-3-6-2-1-5-10-8(6)11-7;1-2-5-3-4-1/h1-5H,(H2,9,10,11);1-3H. The van der Waals surface area contributed by atoms with Gasteiger partial charge in [0.2, 0.25) is 0 Å². The molecule has 0 bridgehead atoms. The van der Waals surface area contributed by atoms with Gasteiger partial charge in [-0.1, -0.05) is 0 Å². The average Bonchev–Trinajstić information content (AvgIpc) is 2.87. The van der Waals surface area contributed by atoms with Crippen molar-refractivity contribution in [1.29, 1.82) is 0 Å². The third kappa shape index (κ3) is 2.54. The van der Waals surface area contributed by atoms with Crippen LogP contribution in [0.3, 0.4) is 0 Å². The molecule has 0 radical (unpaired) electrons. The van der Waals surface area contributed by atoms with Crippen LogP contribution in [0.5, 0.6) is 0 Å². The van der Waals surface area contributed by atoms with E-state index in [1.807, 2.05) is 18.2 Å². The lowest BCUT2D eigenvalue weighted by Gasteiger charge is -1.94. The number of rotatable bonds is 0. The summed E-state index contributed by atoms with van der Waals surface area (Å²) < 4.78 is 4.47. The summed E-state index contributed by atoms with van der Waals surface area (Å²) in [6.07, 6.45) is 6.18. The number of pyridine rings is 2. The zero-order chi connectivity index (χ0) is 11.2. The van der Waals surface area contributed by atoms with Crippen molar-refractivity contribution < 1.29 is 4.42 Å². The Kier molecular flexibility index (Phi) is 3.08. The number of nitrogens with two attached hydrogens (primary N) is 1. The first kappa shape index (κ1) is 10.1. The predicted octanol–water partition coefficient (Wildman–Crippen LogP) is 1.89. The molecule has 0 aliphatic rings. The number of fused-ring (bicyclic) bond motifs is 1. The maximum Gasteiger partial charge on any atom is 0.180 e. The van der Waals surface area contributed by atoms with Gasteiger partial charge in [-0.25, -0.2) is 15.0 Å². The van der Waals surface area contributed by atoms with E-state index in [4.69, 9.17) is 5.73 Å². The molecular formula is C11H10N4O.